The van der Waals surface area contributed by atoms with Crippen LogP contribution in [0.1, 0.15) is 42.4 Å². The number of rotatable bonds is 5. The summed E-state index contributed by atoms with van der Waals surface area (Å²) in [5, 5.41) is 53.0. The molecule has 2 atom stereocenters. The number of phenols is 3. The lowest BCUT2D eigenvalue weighted by Crippen LogP contribution is -2.30. The quantitative estimate of drug-likeness (QED) is 0.238. The number of carboxylic acids is 2. The molecule has 1 fully saturated rings. The van der Waals surface area contributed by atoms with Crippen molar-refractivity contribution in [1.82, 2.24) is 0 Å². The summed E-state index contributed by atoms with van der Waals surface area (Å²) in [6.45, 7) is 1.78. The first-order valence-electron chi connectivity index (χ1n) is 11.0. The van der Waals surface area contributed by atoms with Crippen LogP contribution in [0.4, 0.5) is 0 Å². The number of aliphatic carboxylic acids is 2. The summed E-state index contributed by atoms with van der Waals surface area (Å²) in [4.78, 5) is 30.9. The molecule has 10 heteroatoms. The minimum atomic E-state index is -1.06. The summed E-state index contributed by atoms with van der Waals surface area (Å²) in [7, 11) is 0. The van der Waals surface area contributed by atoms with E-state index in [-0.39, 0.29) is 35.2 Å². The molecule has 194 valence electrons. The molecular weight excluding hydrogens is 470 g/mol. The maximum atomic E-state index is 10.6. The van der Waals surface area contributed by atoms with E-state index in [9.17, 15) is 19.5 Å². The van der Waals surface area contributed by atoms with Crippen LogP contribution >= 0.6 is 0 Å². The molecule has 2 unspecified atom stereocenters. The van der Waals surface area contributed by atoms with Gasteiger partial charge in [0.25, 0.3) is 0 Å². The number of benzene rings is 2. The molecule has 1 aliphatic carbocycles. The minimum absolute atomic E-state index is 0.0799. The molecular formula is C26H31NO9. The van der Waals surface area contributed by atoms with Crippen molar-refractivity contribution in [3.05, 3.63) is 65.2 Å². The van der Waals surface area contributed by atoms with E-state index in [1.54, 1.807) is 19.1 Å². The predicted octanol–water partition coefficient (Wildman–Crippen LogP) is 3.02. The molecule has 1 amide bonds. The number of aryl methyl sites for hydroxylation is 1. The lowest BCUT2D eigenvalue weighted by molar-refractivity contribution is -0.132. The van der Waals surface area contributed by atoms with Crippen LogP contribution in [0.5, 0.6) is 17.2 Å². The van der Waals surface area contributed by atoms with Crippen molar-refractivity contribution in [2.45, 2.75) is 38.7 Å². The highest BCUT2D eigenvalue weighted by atomic mass is 16.4. The van der Waals surface area contributed by atoms with Gasteiger partial charge in [-0.05, 0) is 73.2 Å². The van der Waals surface area contributed by atoms with Gasteiger partial charge < -0.3 is 36.4 Å². The van der Waals surface area contributed by atoms with Gasteiger partial charge in [-0.15, -0.1) is 0 Å². The molecule has 0 aliphatic heterocycles. The van der Waals surface area contributed by atoms with E-state index in [1.165, 1.54) is 36.4 Å². The molecule has 0 aromatic heterocycles. The van der Waals surface area contributed by atoms with Crippen molar-refractivity contribution in [1.29, 1.82) is 0 Å². The molecule has 0 bridgehead atoms. The highest BCUT2D eigenvalue weighted by Gasteiger charge is 2.23. The van der Waals surface area contributed by atoms with E-state index in [2.05, 4.69) is 0 Å². The number of carbonyl (C=O) groups excluding carboxylic acids is 1. The van der Waals surface area contributed by atoms with Crippen LogP contribution in [-0.2, 0) is 14.4 Å². The Morgan fingerprint density at radius 3 is 1.78 bits per heavy atom. The van der Waals surface area contributed by atoms with Crippen LogP contribution in [0.2, 0.25) is 0 Å². The fraction of sp³-hybridized carbons (Fsp3) is 0.269. The second-order valence-electron chi connectivity index (χ2n) is 8.06. The van der Waals surface area contributed by atoms with Gasteiger partial charge in [0, 0.05) is 18.1 Å². The lowest BCUT2D eigenvalue weighted by atomic mass is 9.87. The summed E-state index contributed by atoms with van der Waals surface area (Å²) in [5.74, 6) is -2.73. The normalized spacial score (nSPS) is 16.9. The number of hydrogen-bond donors (Lipinski definition) is 7. The Morgan fingerprint density at radius 1 is 0.833 bits per heavy atom. The molecule has 8 N–H and O–H groups in total. The maximum Gasteiger partial charge on any atom is 0.328 e. The molecule has 1 aliphatic rings. The summed E-state index contributed by atoms with van der Waals surface area (Å²) >= 11 is 0. The summed E-state index contributed by atoms with van der Waals surface area (Å²) < 4.78 is 0. The van der Waals surface area contributed by atoms with E-state index in [0.717, 1.165) is 37.0 Å². The van der Waals surface area contributed by atoms with Crippen LogP contribution < -0.4 is 5.73 Å². The third-order valence-electron chi connectivity index (χ3n) is 5.12. The number of primary amides is 1. The van der Waals surface area contributed by atoms with Gasteiger partial charge in [0.1, 0.15) is 5.75 Å². The number of carboxylic acid groups (broad SMARTS) is 2. The maximum absolute atomic E-state index is 10.6. The zero-order valence-corrected chi connectivity index (χ0v) is 19.7. The Balaban J connectivity index is 0.000000273. The number of aromatic hydroxyl groups is 3. The monoisotopic (exact) mass is 501 g/mol. The zero-order chi connectivity index (χ0) is 27.3. The standard InChI is InChI=1S/C10H10O3.C9H8O4.C7H13NO2/c1-7-2-3-8(6-9(7)11)4-5-10(12)13;10-7-3-1-6(5-8(7)11)2-4-9(12)13;8-7(10)5-2-1-3-6(9)4-5/h2-6,11H,1H3,(H,12,13);1-5,10-11H,(H,12,13);5-6,9H,1-4H2,(H2,8,10)/b5-4+;4-2+;. The second kappa shape index (κ2) is 14.8. The number of aliphatic hydroxyl groups excluding tert-OH is 1. The molecule has 36 heavy (non-hydrogen) atoms. The molecule has 10 nitrogen and oxygen atoms in total. The van der Waals surface area contributed by atoms with Crippen LogP contribution in [0.3, 0.4) is 0 Å². The SMILES string of the molecule is Cc1ccc(/C=C/C(=O)O)cc1O.NC(=O)C1CCCC(O)C1.O=C(O)/C=C/c1ccc(O)c(O)c1. The molecule has 0 saturated heterocycles. The van der Waals surface area contributed by atoms with Gasteiger partial charge in [0.05, 0.1) is 6.10 Å². The average Bonchev–Trinajstić information content (AvgIpc) is 2.81. The summed E-state index contributed by atoms with van der Waals surface area (Å²) in [5.41, 5.74) is 7.03. The first-order valence-corrected chi connectivity index (χ1v) is 11.0. The number of carbonyl (C=O) groups is 3. The molecule has 0 heterocycles. The number of phenolic OH excluding ortho intramolecular Hbond substituents is 3. The zero-order valence-electron chi connectivity index (χ0n) is 19.7. The number of nitrogens with two attached hydrogens (primary N) is 1. The highest BCUT2D eigenvalue weighted by Crippen LogP contribution is 2.25. The van der Waals surface area contributed by atoms with E-state index >= 15 is 0 Å². The average molecular weight is 502 g/mol. The second-order valence-corrected chi connectivity index (χ2v) is 8.06. The summed E-state index contributed by atoms with van der Waals surface area (Å²) in [6.07, 6.45) is 7.60. The fourth-order valence-corrected chi connectivity index (χ4v) is 3.13. The fourth-order valence-electron chi connectivity index (χ4n) is 3.13. The lowest BCUT2D eigenvalue weighted by Gasteiger charge is -2.22. The van der Waals surface area contributed by atoms with E-state index in [0.29, 0.717) is 17.5 Å². The van der Waals surface area contributed by atoms with E-state index in [4.69, 9.17) is 31.3 Å². The van der Waals surface area contributed by atoms with Gasteiger partial charge in [-0.1, -0.05) is 24.6 Å². The third kappa shape index (κ3) is 11.7. The van der Waals surface area contributed by atoms with Crippen molar-refractivity contribution in [3.8, 4) is 17.2 Å². The first kappa shape index (κ1) is 29.7. The molecule has 0 spiro atoms. The Labute approximate surface area is 208 Å². The molecule has 2 aromatic carbocycles. The van der Waals surface area contributed by atoms with Gasteiger partial charge in [-0.3, -0.25) is 4.79 Å². The Bertz CT molecular complexity index is 1040. The van der Waals surface area contributed by atoms with Crippen LogP contribution in [0.25, 0.3) is 12.2 Å². The van der Waals surface area contributed by atoms with Gasteiger partial charge in [0.15, 0.2) is 11.5 Å². The van der Waals surface area contributed by atoms with Crippen LogP contribution in [-0.4, -0.2) is 54.6 Å². The predicted molar refractivity (Wildman–Crippen MR) is 133 cm³/mol. The van der Waals surface area contributed by atoms with E-state index < -0.39 is 11.9 Å². The topological polar surface area (TPSA) is 199 Å². The van der Waals surface area contributed by atoms with Crippen LogP contribution in [0.15, 0.2) is 48.6 Å². The third-order valence-corrected chi connectivity index (χ3v) is 5.12. The molecule has 3 rings (SSSR count). The van der Waals surface area contributed by atoms with Crippen LogP contribution in [0, 0.1) is 12.8 Å². The van der Waals surface area contributed by atoms with Crippen molar-refractivity contribution >= 4 is 30.0 Å². The van der Waals surface area contributed by atoms with Crippen molar-refractivity contribution in [3.63, 3.8) is 0 Å². The Kier molecular flexibility index (Phi) is 12.3. The summed E-state index contributed by atoms with van der Waals surface area (Å²) in [6, 6.07) is 9.06. The van der Waals surface area contributed by atoms with E-state index in [1.807, 2.05) is 0 Å². The van der Waals surface area contributed by atoms with Crippen molar-refractivity contribution in [2.24, 2.45) is 11.7 Å². The number of amides is 1. The van der Waals surface area contributed by atoms with Gasteiger partial charge in [0.2, 0.25) is 5.91 Å². The minimum Gasteiger partial charge on any atom is -0.508 e. The van der Waals surface area contributed by atoms with Crippen molar-refractivity contribution in [2.75, 3.05) is 0 Å². The molecule has 1 saturated carbocycles. The number of hydrogen-bond acceptors (Lipinski definition) is 7. The Hall–Kier alpha value is -4.31. The smallest absolute Gasteiger partial charge is 0.328 e. The Morgan fingerprint density at radius 2 is 1.36 bits per heavy atom. The largest absolute Gasteiger partial charge is 0.508 e. The molecule has 0 radical (unpaired) electrons. The first-order chi connectivity index (χ1) is 16.9. The van der Waals surface area contributed by atoms with Crippen molar-refractivity contribution < 1.29 is 45.0 Å². The highest BCUT2D eigenvalue weighted by molar-refractivity contribution is 5.85. The van der Waals surface area contributed by atoms with Gasteiger partial charge >= 0.3 is 11.9 Å². The molecule has 2 aromatic rings. The number of aliphatic hydroxyl groups is 1. The van der Waals surface area contributed by atoms with Gasteiger partial charge in [-0.2, -0.15) is 0 Å². The van der Waals surface area contributed by atoms with Gasteiger partial charge in [-0.25, -0.2) is 9.59 Å².